The summed E-state index contributed by atoms with van der Waals surface area (Å²) < 4.78 is 5.83. The molecule has 2 aliphatic heterocycles. The first-order valence-corrected chi connectivity index (χ1v) is 11.2. The number of rotatable bonds is 3. The predicted molar refractivity (Wildman–Crippen MR) is 127 cm³/mol. The zero-order valence-corrected chi connectivity index (χ0v) is 19.0. The molecule has 0 aliphatic carbocycles. The number of halogens is 2. The van der Waals surface area contributed by atoms with Gasteiger partial charge in [-0.25, -0.2) is 4.79 Å². The second-order valence-electron chi connectivity index (χ2n) is 8.28. The predicted octanol–water partition coefficient (Wildman–Crippen LogP) is 5.75. The molecule has 2 aliphatic rings. The van der Waals surface area contributed by atoms with Crippen molar-refractivity contribution in [2.75, 3.05) is 23.0 Å². The third-order valence-electron chi connectivity index (χ3n) is 6.37. The summed E-state index contributed by atoms with van der Waals surface area (Å²) in [5, 5.41) is 13.7. The number of amides is 2. The molecule has 164 valence electrons. The lowest BCUT2D eigenvalue weighted by Crippen LogP contribution is -2.60. The number of carbonyl (C=O) groups is 1. The summed E-state index contributed by atoms with van der Waals surface area (Å²) in [5.74, 6) is 0. The topological polar surface area (TPSA) is 53.0 Å². The molecule has 0 bridgehead atoms. The van der Waals surface area contributed by atoms with E-state index in [0.29, 0.717) is 40.0 Å². The van der Waals surface area contributed by atoms with Crippen LogP contribution in [0.3, 0.4) is 0 Å². The monoisotopic (exact) mass is 468 g/mol. The minimum absolute atomic E-state index is 0.190. The highest BCUT2D eigenvalue weighted by molar-refractivity contribution is 6.31. The molecule has 3 aromatic carbocycles. The van der Waals surface area contributed by atoms with Gasteiger partial charge in [-0.15, -0.1) is 0 Å². The van der Waals surface area contributed by atoms with Crippen LogP contribution in [0.25, 0.3) is 0 Å². The highest BCUT2D eigenvalue weighted by Gasteiger charge is 2.69. The molecule has 0 saturated carbocycles. The second-order valence-corrected chi connectivity index (χ2v) is 9.15. The van der Waals surface area contributed by atoms with E-state index in [2.05, 4.69) is 0 Å². The maximum atomic E-state index is 14.1. The van der Waals surface area contributed by atoms with Crippen molar-refractivity contribution in [2.45, 2.75) is 24.6 Å². The zero-order valence-electron chi connectivity index (χ0n) is 17.5. The van der Waals surface area contributed by atoms with Gasteiger partial charge >= 0.3 is 6.03 Å². The minimum atomic E-state index is -1.68. The highest BCUT2D eigenvalue weighted by Crippen LogP contribution is 2.54. The average Bonchev–Trinajstić information content (AvgIpc) is 3.34. The molecule has 0 unspecified atom stereocenters. The number of ether oxygens (including phenoxy) is 1. The van der Waals surface area contributed by atoms with E-state index in [-0.39, 0.29) is 12.6 Å². The van der Waals surface area contributed by atoms with Crippen molar-refractivity contribution in [2.24, 2.45) is 0 Å². The fourth-order valence-corrected chi connectivity index (χ4v) is 5.14. The molecule has 1 N–H and O–H groups in total. The van der Waals surface area contributed by atoms with Crippen LogP contribution in [0.15, 0.2) is 72.8 Å². The Morgan fingerprint density at radius 1 is 0.906 bits per heavy atom. The summed E-state index contributed by atoms with van der Waals surface area (Å²) in [7, 11) is 0. The van der Waals surface area contributed by atoms with Crippen molar-refractivity contribution in [3.05, 3.63) is 94.0 Å². The number of benzene rings is 3. The summed E-state index contributed by atoms with van der Waals surface area (Å²) in [4.78, 5) is 17.2. The Bertz CT molecular complexity index is 1160. The van der Waals surface area contributed by atoms with Crippen molar-refractivity contribution in [1.82, 2.24) is 0 Å². The van der Waals surface area contributed by atoms with Crippen LogP contribution >= 0.6 is 23.2 Å². The van der Waals surface area contributed by atoms with Gasteiger partial charge in [-0.05, 0) is 55.5 Å². The maximum Gasteiger partial charge on any atom is 0.332 e. The number of aliphatic hydroxyl groups is 1. The number of anilines is 2. The molecule has 0 aromatic heterocycles. The largest absolute Gasteiger partial charge is 0.379 e. The number of carbonyl (C=O) groups excluding carboxylic acids is 1. The number of hydrogen-bond acceptors (Lipinski definition) is 3. The van der Waals surface area contributed by atoms with E-state index >= 15 is 0 Å². The molecule has 2 heterocycles. The number of nitrogens with zero attached hydrogens (tertiary/aromatic N) is 2. The molecule has 2 atom stereocenters. The van der Waals surface area contributed by atoms with E-state index < -0.39 is 11.3 Å². The van der Waals surface area contributed by atoms with Gasteiger partial charge in [0, 0.05) is 40.0 Å². The van der Waals surface area contributed by atoms with E-state index in [1.54, 1.807) is 53.4 Å². The van der Waals surface area contributed by atoms with Crippen LogP contribution < -0.4 is 9.80 Å². The molecular formula is C25H22Cl2N2O3. The molecule has 2 fully saturated rings. The molecule has 2 amide bonds. The zero-order chi connectivity index (χ0) is 22.5. The summed E-state index contributed by atoms with van der Waals surface area (Å²) in [5.41, 5.74) is 0.0885. The Morgan fingerprint density at radius 2 is 1.50 bits per heavy atom. The maximum absolute atomic E-state index is 14.1. The van der Waals surface area contributed by atoms with Crippen molar-refractivity contribution >= 4 is 40.6 Å². The van der Waals surface area contributed by atoms with Gasteiger partial charge in [-0.2, -0.15) is 0 Å². The van der Waals surface area contributed by atoms with E-state index in [9.17, 15) is 9.90 Å². The second kappa shape index (κ2) is 7.78. The van der Waals surface area contributed by atoms with Crippen LogP contribution in [0, 0.1) is 6.92 Å². The molecule has 5 nitrogen and oxygen atoms in total. The van der Waals surface area contributed by atoms with Gasteiger partial charge < -0.3 is 9.84 Å². The van der Waals surface area contributed by atoms with Crippen LogP contribution in [0.1, 0.15) is 17.5 Å². The first-order chi connectivity index (χ1) is 15.4. The smallest absolute Gasteiger partial charge is 0.332 e. The van der Waals surface area contributed by atoms with E-state index in [1.165, 1.54) is 4.90 Å². The lowest BCUT2D eigenvalue weighted by molar-refractivity contribution is -0.0212. The highest BCUT2D eigenvalue weighted by atomic mass is 35.5. The van der Waals surface area contributed by atoms with Crippen molar-refractivity contribution < 1.29 is 14.6 Å². The molecular weight excluding hydrogens is 447 g/mol. The molecule has 0 radical (unpaired) electrons. The van der Waals surface area contributed by atoms with Gasteiger partial charge in [0.25, 0.3) is 0 Å². The summed E-state index contributed by atoms with van der Waals surface area (Å²) in [6.07, 6.45) is 0.468. The number of urea groups is 1. The molecule has 1 spiro atoms. The Balaban J connectivity index is 1.79. The molecule has 3 aromatic rings. The first kappa shape index (κ1) is 21.3. The Morgan fingerprint density at radius 3 is 2.03 bits per heavy atom. The van der Waals surface area contributed by atoms with Gasteiger partial charge in [0.15, 0.2) is 5.72 Å². The molecule has 7 heteroatoms. The summed E-state index contributed by atoms with van der Waals surface area (Å²) in [6, 6.07) is 21.3. The summed E-state index contributed by atoms with van der Waals surface area (Å²) >= 11 is 12.2. The molecule has 5 rings (SSSR count). The molecule has 32 heavy (non-hydrogen) atoms. The Hall–Kier alpha value is -2.57. The van der Waals surface area contributed by atoms with Gasteiger partial charge in [0.05, 0.1) is 6.61 Å². The van der Waals surface area contributed by atoms with Crippen LogP contribution in [0.2, 0.25) is 10.0 Å². The standard InChI is InChI=1S/C25H22Cl2N2O3/c1-17-3-2-4-18(15-17)25(31)24(13-14-32-16-24)28(21-9-5-19(26)6-10-21)23(30)29(25)22-11-7-20(27)8-12-22/h2-12,15,31H,13-14,16H2,1H3/t24-,25+/m0/s1. The van der Waals surface area contributed by atoms with Crippen LogP contribution in [0.4, 0.5) is 16.2 Å². The lowest BCUT2D eigenvalue weighted by Gasteiger charge is -2.44. The fourth-order valence-electron chi connectivity index (χ4n) is 4.89. The van der Waals surface area contributed by atoms with Gasteiger partial charge in [0.1, 0.15) is 5.54 Å². The third kappa shape index (κ3) is 3.04. The van der Waals surface area contributed by atoms with Crippen molar-refractivity contribution in [3.8, 4) is 0 Å². The normalized spacial score (nSPS) is 25.2. The quantitative estimate of drug-likeness (QED) is 0.531. The van der Waals surface area contributed by atoms with Crippen molar-refractivity contribution in [3.63, 3.8) is 0 Å². The van der Waals surface area contributed by atoms with Crippen LogP contribution in [-0.4, -0.2) is 29.9 Å². The van der Waals surface area contributed by atoms with Gasteiger partial charge in [-0.1, -0.05) is 53.0 Å². The minimum Gasteiger partial charge on any atom is -0.379 e. The fraction of sp³-hybridized carbons (Fsp3) is 0.240. The SMILES string of the molecule is Cc1cccc([C@]2(O)N(c3ccc(Cl)cc3)C(=O)N(c3ccc(Cl)cc3)[C@]23CCOC3)c1. The average molecular weight is 469 g/mol. The molecule has 2 saturated heterocycles. The third-order valence-corrected chi connectivity index (χ3v) is 6.88. The van der Waals surface area contributed by atoms with E-state index in [4.69, 9.17) is 27.9 Å². The lowest BCUT2D eigenvalue weighted by atomic mass is 9.79. The Kier molecular flexibility index (Phi) is 5.18. The summed E-state index contributed by atoms with van der Waals surface area (Å²) in [6.45, 7) is 2.58. The van der Waals surface area contributed by atoms with Crippen LogP contribution in [-0.2, 0) is 10.5 Å². The Labute approximate surface area is 196 Å². The number of hydrogen-bond donors (Lipinski definition) is 1. The van der Waals surface area contributed by atoms with Crippen LogP contribution in [0.5, 0.6) is 0 Å². The number of aryl methyl sites for hydroxylation is 1. The first-order valence-electron chi connectivity index (χ1n) is 10.4. The van der Waals surface area contributed by atoms with E-state index in [1.807, 2.05) is 31.2 Å². The van der Waals surface area contributed by atoms with E-state index in [0.717, 1.165) is 5.56 Å². The van der Waals surface area contributed by atoms with Gasteiger partial charge in [0.2, 0.25) is 0 Å². The van der Waals surface area contributed by atoms with Gasteiger partial charge in [-0.3, -0.25) is 9.80 Å². The van der Waals surface area contributed by atoms with Crippen molar-refractivity contribution in [1.29, 1.82) is 0 Å².